The predicted molar refractivity (Wildman–Crippen MR) is 71.3 cm³/mol. The third-order valence-electron chi connectivity index (χ3n) is 2.95. The molecule has 1 aromatic rings. The van der Waals surface area contributed by atoms with E-state index in [0.717, 1.165) is 37.9 Å². The lowest BCUT2D eigenvalue weighted by molar-refractivity contribution is -0.116. The number of imidazole rings is 1. The van der Waals surface area contributed by atoms with Gasteiger partial charge in [0.25, 0.3) is 0 Å². The Labute approximate surface area is 112 Å². The van der Waals surface area contributed by atoms with Crippen molar-refractivity contribution in [2.24, 2.45) is 0 Å². The van der Waals surface area contributed by atoms with Gasteiger partial charge in [-0.05, 0) is 12.8 Å². The molecule has 1 amide bonds. The highest BCUT2D eigenvalue weighted by molar-refractivity contribution is 7.88. The van der Waals surface area contributed by atoms with Crippen molar-refractivity contribution in [2.45, 2.75) is 32.2 Å². The van der Waals surface area contributed by atoms with Crippen LogP contribution in [0.2, 0.25) is 0 Å². The number of nitrogens with one attached hydrogen (secondary N) is 2. The number of sulfonamides is 1. The van der Waals surface area contributed by atoms with Crippen molar-refractivity contribution in [1.82, 2.24) is 14.3 Å². The first-order valence-electron chi connectivity index (χ1n) is 6.24. The number of rotatable bonds is 5. The largest absolute Gasteiger partial charge is 0.315 e. The minimum atomic E-state index is -3.24. The zero-order chi connectivity index (χ0) is 13.9. The average Bonchev–Trinajstić information content (AvgIpc) is 2.71. The van der Waals surface area contributed by atoms with E-state index in [4.69, 9.17) is 0 Å². The highest BCUT2D eigenvalue weighted by Crippen LogP contribution is 2.19. The molecule has 106 valence electrons. The van der Waals surface area contributed by atoms with Crippen LogP contribution in [0.5, 0.6) is 0 Å². The molecule has 0 atom stereocenters. The third-order valence-corrected chi connectivity index (χ3v) is 3.68. The van der Waals surface area contributed by atoms with Crippen molar-refractivity contribution < 1.29 is 13.2 Å². The van der Waals surface area contributed by atoms with Gasteiger partial charge in [0.05, 0.1) is 12.5 Å². The topological polar surface area (TPSA) is 93.1 Å². The Morgan fingerprint density at radius 3 is 3.00 bits per heavy atom. The van der Waals surface area contributed by atoms with Gasteiger partial charge in [-0.1, -0.05) is 0 Å². The second-order valence-electron chi connectivity index (χ2n) is 4.63. The van der Waals surface area contributed by atoms with Crippen LogP contribution in [0.1, 0.15) is 25.1 Å². The van der Waals surface area contributed by atoms with E-state index in [1.807, 2.05) is 4.57 Å². The molecule has 0 aliphatic carbocycles. The first-order valence-corrected chi connectivity index (χ1v) is 8.14. The van der Waals surface area contributed by atoms with E-state index < -0.39 is 10.0 Å². The lowest BCUT2D eigenvalue weighted by atomic mass is 10.2. The Morgan fingerprint density at radius 2 is 2.26 bits per heavy atom. The highest BCUT2D eigenvalue weighted by Gasteiger charge is 2.15. The standard InChI is InChI=1S/C11H18N4O3S/c1-19(17,18)13-6-5-11(16)14-10-8-12-9-4-2-3-7-15(9)10/h8,13H,2-7H2,1H3,(H,14,16). The Kier molecular flexibility index (Phi) is 4.20. The summed E-state index contributed by atoms with van der Waals surface area (Å²) in [6.45, 7) is 0.970. The quantitative estimate of drug-likeness (QED) is 0.802. The molecule has 0 unspecified atom stereocenters. The highest BCUT2D eigenvalue weighted by atomic mass is 32.2. The molecule has 8 heteroatoms. The average molecular weight is 286 g/mol. The fourth-order valence-corrected chi connectivity index (χ4v) is 2.54. The van der Waals surface area contributed by atoms with Crippen LogP contribution in [0.15, 0.2) is 6.20 Å². The smallest absolute Gasteiger partial charge is 0.226 e. The van der Waals surface area contributed by atoms with Gasteiger partial charge in [-0.2, -0.15) is 0 Å². The van der Waals surface area contributed by atoms with Crippen LogP contribution in [-0.4, -0.2) is 36.7 Å². The molecule has 1 aliphatic heterocycles. The van der Waals surface area contributed by atoms with Gasteiger partial charge in [0.1, 0.15) is 11.6 Å². The summed E-state index contributed by atoms with van der Waals surface area (Å²) in [6.07, 6.45) is 5.98. The number of hydrogen-bond acceptors (Lipinski definition) is 4. The summed E-state index contributed by atoms with van der Waals surface area (Å²) >= 11 is 0. The number of anilines is 1. The van der Waals surface area contributed by atoms with Gasteiger partial charge < -0.3 is 9.88 Å². The second kappa shape index (κ2) is 5.70. The SMILES string of the molecule is CS(=O)(=O)NCCC(=O)Nc1cnc2n1CCCC2. The van der Waals surface area contributed by atoms with Crippen molar-refractivity contribution >= 4 is 21.7 Å². The Morgan fingerprint density at radius 1 is 1.47 bits per heavy atom. The maximum atomic E-state index is 11.7. The van der Waals surface area contributed by atoms with Crippen LogP contribution in [0.25, 0.3) is 0 Å². The molecular formula is C11H18N4O3S. The van der Waals surface area contributed by atoms with E-state index in [2.05, 4.69) is 15.0 Å². The van der Waals surface area contributed by atoms with Crippen molar-refractivity contribution in [3.63, 3.8) is 0 Å². The molecular weight excluding hydrogens is 268 g/mol. The van der Waals surface area contributed by atoms with Crippen LogP contribution < -0.4 is 10.0 Å². The summed E-state index contributed by atoms with van der Waals surface area (Å²) in [7, 11) is -3.24. The third kappa shape index (κ3) is 4.03. The lowest BCUT2D eigenvalue weighted by Crippen LogP contribution is -2.27. The molecule has 1 aliphatic rings. The first kappa shape index (κ1) is 14.0. The van der Waals surface area contributed by atoms with Crippen LogP contribution in [0.4, 0.5) is 5.82 Å². The maximum Gasteiger partial charge on any atom is 0.226 e. The van der Waals surface area contributed by atoms with E-state index in [1.54, 1.807) is 6.20 Å². The van der Waals surface area contributed by atoms with Crippen molar-refractivity contribution in [3.8, 4) is 0 Å². The Balaban J connectivity index is 1.87. The summed E-state index contributed by atoms with van der Waals surface area (Å²) in [6, 6.07) is 0. The Hall–Kier alpha value is -1.41. The van der Waals surface area contributed by atoms with Crippen LogP contribution in [-0.2, 0) is 27.8 Å². The van der Waals surface area contributed by atoms with Gasteiger partial charge in [-0.3, -0.25) is 4.79 Å². The monoisotopic (exact) mass is 286 g/mol. The number of nitrogens with zero attached hydrogens (tertiary/aromatic N) is 2. The first-order chi connectivity index (χ1) is 8.96. The number of aromatic nitrogens is 2. The van der Waals surface area contributed by atoms with Gasteiger partial charge in [-0.15, -0.1) is 0 Å². The van der Waals surface area contributed by atoms with Crippen molar-refractivity contribution in [3.05, 3.63) is 12.0 Å². The van der Waals surface area contributed by atoms with Gasteiger partial charge in [0.15, 0.2) is 0 Å². The van der Waals surface area contributed by atoms with E-state index in [-0.39, 0.29) is 18.9 Å². The molecule has 7 nitrogen and oxygen atoms in total. The van der Waals surface area contributed by atoms with Gasteiger partial charge in [-0.25, -0.2) is 18.1 Å². The number of hydrogen-bond donors (Lipinski definition) is 2. The number of amides is 1. The van der Waals surface area contributed by atoms with Gasteiger partial charge >= 0.3 is 0 Å². The van der Waals surface area contributed by atoms with Gasteiger partial charge in [0.2, 0.25) is 15.9 Å². The summed E-state index contributed by atoms with van der Waals surface area (Å²) in [4.78, 5) is 16.0. The zero-order valence-corrected chi connectivity index (χ0v) is 11.7. The van der Waals surface area contributed by atoms with Crippen LogP contribution in [0, 0.1) is 0 Å². The summed E-state index contributed by atoms with van der Waals surface area (Å²) in [5.74, 6) is 1.47. The zero-order valence-electron chi connectivity index (χ0n) is 10.8. The van der Waals surface area contributed by atoms with Crippen LogP contribution >= 0.6 is 0 Å². The molecule has 0 aromatic carbocycles. The molecule has 19 heavy (non-hydrogen) atoms. The van der Waals surface area contributed by atoms with E-state index in [9.17, 15) is 13.2 Å². The maximum absolute atomic E-state index is 11.7. The predicted octanol–water partition coefficient (Wildman–Crippen LogP) is 0.0972. The summed E-state index contributed by atoms with van der Waals surface area (Å²) in [5, 5.41) is 2.76. The number of aryl methyl sites for hydroxylation is 1. The van der Waals surface area contributed by atoms with E-state index >= 15 is 0 Å². The molecule has 2 heterocycles. The molecule has 0 saturated heterocycles. The number of carbonyl (C=O) groups is 1. The molecule has 0 saturated carbocycles. The Bertz CT molecular complexity index is 564. The lowest BCUT2D eigenvalue weighted by Gasteiger charge is -2.16. The van der Waals surface area contributed by atoms with Crippen molar-refractivity contribution in [2.75, 3.05) is 18.1 Å². The van der Waals surface area contributed by atoms with E-state index in [1.165, 1.54) is 0 Å². The molecule has 0 spiro atoms. The number of fused-ring (bicyclic) bond motifs is 1. The summed E-state index contributed by atoms with van der Waals surface area (Å²) in [5.41, 5.74) is 0. The normalized spacial score (nSPS) is 15.0. The van der Waals surface area contributed by atoms with Crippen molar-refractivity contribution in [1.29, 1.82) is 0 Å². The van der Waals surface area contributed by atoms with Crippen LogP contribution in [0.3, 0.4) is 0 Å². The minimum absolute atomic E-state index is 0.103. The molecule has 2 N–H and O–H groups in total. The van der Waals surface area contributed by atoms with E-state index in [0.29, 0.717) is 5.82 Å². The summed E-state index contributed by atoms with van der Waals surface area (Å²) < 4.78 is 26.0. The fourth-order valence-electron chi connectivity index (χ4n) is 2.07. The molecule has 0 fully saturated rings. The molecule has 0 radical (unpaired) electrons. The molecule has 1 aromatic heterocycles. The van der Waals surface area contributed by atoms with Gasteiger partial charge in [0, 0.05) is 25.9 Å². The molecule has 2 rings (SSSR count). The molecule has 0 bridgehead atoms. The number of carbonyl (C=O) groups excluding carboxylic acids is 1. The minimum Gasteiger partial charge on any atom is -0.315 e. The fraction of sp³-hybridized carbons (Fsp3) is 0.636. The second-order valence-corrected chi connectivity index (χ2v) is 6.47.